The van der Waals surface area contributed by atoms with Crippen molar-refractivity contribution in [1.29, 1.82) is 0 Å². The van der Waals surface area contributed by atoms with Crippen molar-refractivity contribution in [3.8, 4) is 0 Å². The third-order valence-electron chi connectivity index (χ3n) is 9.34. The largest absolute Gasteiger partial charge is 0.389 e. The number of Topliss-reactive ketones (excluding diaryl/α,β-unsaturated/α-hetero) is 1. The van der Waals surface area contributed by atoms with Crippen molar-refractivity contribution in [2.24, 2.45) is 28.6 Å². The molecule has 1 heterocycles. The van der Waals surface area contributed by atoms with Crippen LogP contribution in [-0.2, 0) is 9.53 Å². The van der Waals surface area contributed by atoms with Gasteiger partial charge < -0.3 is 25.2 Å². The molecular weight excluding hydrogens is 814 g/mol. The van der Waals surface area contributed by atoms with Gasteiger partial charge in [-0.2, -0.15) is 0 Å². The molecule has 8 unspecified atom stereocenters. The predicted octanol–water partition coefficient (Wildman–Crippen LogP) is 1.20. The van der Waals surface area contributed by atoms with Gasteiger partial charge in [0, 0.05) is 111 Å². The average Bonchev–Trinajstić information content (AvgIpc) is 2.60. The summed E-state index contributed by atoms with van der Waals surface area (Å²) in [6.07, 6.45) is -2.08. The zero-order valence-corrected chi connectivity index (χ0v) is 28.3. The topological polar surface area (TPSA) is 107 Å². The molecular formula is C22H34Ac2O6. The number of aliphatic hydroxyl groups is 4. The summed E-state index contributed by atoms with van der Waals surface area (Å²) in [5.74, 6) is -1.51. The second kappa shape index (κ2) is 8.64. The van der Waals surface area contributed by atoms with Gasteiger partial charge in [-0.05, 0) is 36.3 Å². The van der Waals surface area contributed by atoms with E-state index in [1.54, 1.807) is 6.92 Å². The molecule has 4 aliphatic rings. The fourth-order valence-corrected chi connectivity index (χ4v) is 7.30. The van der Waals surface area contributed by atoms with Crippen LogP contribution in [0.3, 0.4) is 0 Å². The molecule has 2 bridgehead atoms. The number of hydrogen-bond donors (Lipinski definition) is 4. The molecule has 2 saturated carbocycles. The molecule has 8 heteroatoms. The molecule has 9 atom stereocenters. The first-order valence-electron chi connectivity index (χ1n) is 10.4. The monoisotopic (exact) mass is 848 g/mol. The summed E-state index contributed by atoms with van der Waals surface area (Å²) in [5, 5.41) is 45.5. The Morgan fingerprint density at radius 2 is 1.63 bits per heavy atom. The van der Waals surface area contributed by atoms with Crippen LogP contribution in [0.25, 0.3) is 0 Å². The van der Waals surface area contributed by atoms with Crippen LogP contribution in [0.2, 0.25) is 0 Å². The van der Waals surface area contributed by atoms with Gasteiger partial charge in [0.15, 0.2) is 5.78 Å². The van der Waals surface area contributed by atoms with Crippen molar-refractivity contribution in [3.63, 3.8) is 0 Å². The van der Waals surface area contributed by atoms with E-state index in [9.17, 15) is 25.2 Å². The van der Waals surface area contributed by atoms with Crippen molar-refractivity contribution < 1.29 is 118 Å². The molecule has 164 valence electrons. The Kier molecular flexibility index (Phi) is 8.16. The Labute approximate surface area is 250 Å². The molecule has 30 heavy (non-hydrogen) atoms. The van der Waals surface area contributed by atoms with Crippen LogP contribution in [0.4, 0.5) is 0 Å². The smallest absolute Gasteiger partial charge is 0.172 e. The van der Waals surface area contributed by atoms with Gasteiger partial charge in [-0.3, -0.25) is 4.79 Å². The van der Waals surface area contributed by atoms with Gasteiger partial charge in [0.05, 0.1) is 24.4 Å². The number of hydrogen-bond acceptors (Lipinski definition) is 6. The summed E-state index contributed by atoms with van der Waals surface area (Å²) in [5.41, 5.74) is -3.55. The van der Waals surface area contributed by atoms with Gasteiger partial charge in [0.25, 0.3) is 0 Å². The van der Waals surface area contributed by atoms with E-state index in [0.29, 0.717) is 17.6 Å². The minimum absolute atomic E-state index is 0. The normalized spacial score (nSPS) is 51.9. The van der Waals surface area contributed by atoms with E-state index in [2.05, 4.69) is 0 Å². The first-order chi connectivity index (χ1) is 12.7. The first-order valence-corrected chi connectivity index (χ1v) is 10.4. The Morgan fingerprint density at radius 1 is 1.07 bits per heavy atom. The van der Waals surface area contributed by atoms with Crippen LogP contribution < -0.4 is 0 Å². The summed E-state index contributed by atoms with van der Waals surface area (Å²) in [7, 11) is 0. The molecule has 6 nitrogen and oxygen atoms in total. The Balaban J connectivity index is 0.00000160. The Hall–Kier alpha value is 2.09. The van der Waals surface area contributed by atoms with E-state index in [1.807, 2.05) is 34.6 Å². The molecule has 1 aliphatic heterocycles. The molecule has 0 aromatic rings. The maximum absolute atomic E-state index is 13.8. The third-order valence-corrected chi connectivity index (χ3v) is 9.34. The van der Waals surface area contributed by atoms with Crippen LogP contribution in [0.15, 0.2) is 11.1 Å². The molecule has 2 radical (unpaired) electrons. The quantitative estimate of drug-likeness (QED) is 0.274. The fraction of sp³-hybridized carbons (Fsp3) is 0.864. The van der Waals surface area contributed by atoms with Crippen LogP contribution in [-0.4, -0.2) is 62.3 Å². The summed E-state index contributed by atoms with van der Waals surface area (Å²) in [6.45, 7) is 11.2. The zero-order valence-electron chi connectivity index (χ0n) is 18.8. The second-order valence-corrected chi connectivity index (χ2v) is 10.6. The number of carbonyl (C=O) groups is 1. The fourth-order valence-electron chi connectivity index (χ4n) is 7.30. The zero-order chi connectivity index (χ0) is 21.0. The van der Waals surface area contributed by atoms with Crippen molar-refractivity contribution >= 4 is 5.78 Å². The maximum atomic E-state index is 13.8. The van der Waals surface area contributed by atoms with E-state index < -0.39 is 46.1 Å². The van der Waals surface area contributed by atoms with Gasteiger partial charge in [-0.1, -0.05) is 34.6 Å². The molecule has 3 aliphatic carbocycles. The minimum Gasteiger partial charge on any atom is -0.389 e. The summed E-state index contributed by atoms with van der Waals surface area (Å²) >= 11 is 0. The average molecular weight is 849 g/mol. The van der Waals surface area contributed by atoms with E-state index >= 15 is 0 Å². The van der Waals surface area contributed by atoms with Gasteiger partial charge >= 0.3 is 0 Å². The molecule has 4 rings (SSSR count). The summed E-state index contributed by atoms with van der Waals surface area (Å²) in [6, 6.07) is 0. The second-order valence-electron chi connectivity index (χ2n) is 10.6. The van der Waals surface area contributed by atoms with Crippen LogP contribution >= 0.6 is 0 Å². The maximum Gasteiger partial charge on any atom is 0.172 e. The third kappa shape index (κ3) is 3.28. The minimum atomic E-state index is -1.42. The number of ketones is 1. The summed E-state index contributed by atoms with van der Waals surface area (Å²) in [4.78, 5) is 13.8. The van der Waals surface area contributed by atoms with E-state index in [4.69, 9.17) is 4.74 Å². The molecule has 4 N–H and O–H groups in total. The number of rotatable bonds is 0. The molecule has 3 fully saturated rings. The van der Waals surface area contributed by atoms with Crippen molar-refractivity contribution in [2.45, 2.75) is 83.9 Å². The van der Waals surface area contributed by atoms with E-state index in [1.165, 1.54) is 0 Å². The van der Waals surface area contributed by atoms with Gasteiger partial charge in [0.1, 0.15) is 11.7 Å². The molecule has 1 saturated heterocycles. The molecule has 0 aromatic carbocycles. The van der Waals surface area contributed by atoms with Crippen LogP contribution in [0.1, 0.15) is 54.4 Å². The Bertz CT molecular complexity index is 769. The standard InChI is InChI=1S/C22H34O6.2Ac/c1-10-7-14-21(26,9-28-14)17-12(3)22(27)8-13(23)11(2)15(19(22,4)5)16(24)18(25)20(10,17)6;;/h10,12-14,16-17,23-24,26-27H,7-9H2,1-6H3;;/t10?,12?,13?,14?,16?,17?,20-,21?,22?;;/m1../s1. The Morgan fingerprint density at radius 3 is 2.13 bits per heavy atom. The van der Waals surface area contributed by atoms with E-state index in [0.717, 1.165) is 0 Å². The number of fused-ring (bicyclic) bond motifs is 5. The van der Waals surface area contributed by atoms with Gasteiger partial charge in [0.2, 0.25) is 0 Å². The SMILES string of the molecule is CC1=C2C(O)C(=O)[C@]3(C)C(C)CC4OCC4(O)C3C(C)C(O)(CC1O)C2(C)C.[Ac].[Ac]. The molecule has 0 amide bonds. The van der Waals surface area contributed by atoms with Crippen molar-refractivity contribution in [2.75, 3.05) is 6.61 Å². The van der Waals surface area contributed by atoms with Crippen molar-refractivity contribution in [3.05, 3.63) is 11.1 Å². The number of carbonyl (C=O) groups excluding carboxylic acids is 1. The van der Waals surface area contributed by atoms with Gasteiger partial charge in [-0.15, -0.1) is 0 Å². The van der Waals surface area contributed by atoms with E-state index in [-0.39, 0.29) is 119 Å². The number of aliphatic hydroxyl groups excluding tert-OH is 2. The predicted molar refractivity (Wildman–Crippen MR) is 102 cm³/mol. The molecule has 0 aromatic heterocycles. The van der Waals surface area contributed by atoms with Crippen molar-refractivity contribution in [1.82, 2.24) is 0 Å². The van der Waals surface area contributed by atoms with Gasteiger partial charge in [-0.25, -0.2) is 0 Å². The van der Waals surface area contributed by atoms with Crippen LogP contribution in [0, 0.1) is 117 Å². The molecule has 0 spiro atoms. The summed E-state index contributed by atoms with van der Waals surface area (Å²) < 4.78 is 5.65. The number of ether oxygens (including phenoxy) is 1. The van der Waals surface area contributed by atoms with Crippen LogP contribution in [0.5, 0.6) is 0 Å². The first kappa shape index (κ1) is 28.3.